The zero-order chi connectivity index (χ0) is 16.8. The average molecular weight is 397 g/mol. The molecule has 6 nitrogen and oxygen atoms in total. The van der Waals surface area contributed by atoms with Crippen molar-refractivity contribution in [3.05, 3.63) is 62.6 Å². The first-order valence-electron chi connectivity index (χ1n) is 6.88. The average Bonchev–Trinajstić information content (AvgIpc) is 2.85. The van der Waals surface area contributed by atoms with Gasteiger partial charge in [-0.1, -0.05) is 41.1 Å². The van der Waals surface area contributed by atoms with Crippen LogP contribution in [0.2, 0.25) is 0 Å². The Morgan fingerprint density at radius 1 is 1.26 bits per heavy atom. The number of nitro groups is 1. The van der Waals surface area contributed by atoms with Crippen molar-refractivity contribution in [2.45, 2.75) is 17.7 Å². The molecule has 8 heteroatoms. The number of para-hydroxylation sites is 1. The lowest BCUT2D eigenvalue weighted by atomic mass is 10.0. The quantitative estimate of drug-likeness (QED) is 0.585. The predicted octanol–water partition coefficient (Wildman–Crippen LogP) is 3.67. The van der Waals surface area contributed by atoms with Crippen molar-refractivity contribution in [1.29, 1.82) is 0 Å². The number of sulfonamides is 1. The fourth-order valence-corrected chi connectivity index (χ4v) is 4.84. The van der Waals surface area contributed by atoms with Crippen molar-refractivity contribution >= 4 is 37.3 Å². The van der Waals surface area contributed by atoms with Gasteiger partial charge in [0.15, 0.2) is 4.90 Å². The summed E-state index contributed by atoms with van der Waals surface area (Å²) in [6.45, 7) is 2.21. The molecule has 1 atom stereocenters. The molecule has 1 aliphatic heterocycles. The molecule has 2 aromatic rings. The van der Waals surface area contributed by atoms with Crippen LogP contribution in [0.5, 0.6) is 0 Å². The van der Waals surface area contributed by atoms with E-state index in [1.54, 1.807) is 12.1 Å². The Balaban J connectivity index is 2.17. The van der Waals surface area contributed by atoms with Crippen LogP contribution < -0.4 is 4.31 Å². The molecular weight excluding hydrogens is 384 g/mol. The van der Waals surface area contributed by atoms with E-state index in [1.165, 1.54) is 22.5 Å². The number of halogens is 1. The van der Waals surface area contributed by atoms with Crippen LogP contribution in [0, 0.1) is 10.1 Å². The predicted molar refractivity (Wildman–Crippen MR) is 90.2 cm³/mol. The summed E-state index contributed by atoms with van der Waals surface area (Å²) >= 11 is 3.14. The van der Waals surface area contributed by atoms with Crippen LogP contribution in [0.1, 0.15) is 18.4 Å². The first kappa shape index (κ1) is 15.9. The van der Waals surface area contributed by atoms with E-state index >= 15 is 0 Å². The third-order valence-corrected chi connectivity index (χ3v) is 6.18. The maximum absolute atomic E-state index is 13.0. The third kappa shape index (κ3) is 2.61. The maximum Gasteiger partial charge on any atom is 0.291 e. The second kappa shape index (κ2) is 5.61. The molecule has 0 amide bonds. The van der Waals surface area contributed by atoms with Crippen molar-refractivity contribution in [2.75, 3.05) is 10.8 Å². The zero-order valence-electron chi connectivity index (χ0n) is 12.1. The van der Waals surface area contributed by atoms with E-state index in [1.807, 2.05) is 19.1 Å². The van der Waals surface area contributed by atoms with Gasteiger partial charge < -0.3 is 0 Å². The van der Waals surface area contributed by atoms with E-state index in [0.717, 1.165) is 5.56 Å². The van der Waals surface area contributed by atoms with Gasteiger partial charge in [0.25, 0.3) is 15.7 Å². The Bertz CT molecular complexity index is 898. The van der Waals surface area contributed by atoms with Gasteiger partial charge in [-0.25, -0.2) is 8.42 Å². The summed E-state index contributed by atoms with van der Waals surface area (Å²) in [5.74, 6) is 0.0375. The molecule has 0 spiro atoms. The second-order valence-corrected chi connectivity index (χ2v) is 8.11. The Morgan fingerprint density at radius 2 is 1.96 bits per heavy atom. The van der Waals surface area contributed by atoms with E-state index in [4.69, 9.17) is 0 Å². The molecule has 0 bridgehead atoms. The van der Waals surface area contributed by atoms with E-state index in [2.05, 4.69) is 15.9 Å². The Kier molecular flexibility index (Phi) is 3.89. The number of benzene rings is 2. The topological polar surface area (TPSA) is 80.5 Å². The molecule has 3 rings (SSSR count). The van der Waals surface area contributed by atoms with E-state index in [0.29, 0.717) is 10.2 Å². The lowest BCUT2D eigenvalue weighted by molar-refractivity contribution is -0.387. The van der Waals surface area contributed by atoms with Crippen LogP contribution in [-0.2, 0) is 10.0 Å². The molecular formula is C15H13BrN2O4S. The molecule has 1 aliphatic rings. The van der Waals surface area contributed by atoms with Gasteiger partial charge in [0, 0.05) is 23.0 Å². The summed E-state index contributed by atoms with van der Waals surface area (Å²) in [7, 11) is -4.01. The van der Waals surface area contributed by atoms with Gasteiger partial charge >= 0.3 is 0 Å². The van der Waals surface area contributed by atoms with Crippen molar-refractivity contribution < 1.29 is 13.3 Å². The summed E-state index contributed by atoms with van der Waals surface area (Å²) in [6, 6.07) is 11.2. The van der Waals surface area contributed by atoms with Gasteiger partial charge in [-0.05, 0) is 23.8 Å². The van der Waals surface area contributed by atoms with Crippen LogP contribution >= 0.6 is 15.9 Å². The summed E-state index contributed by atoms with van der Waals surface area (Å²) in [5, 5.41) is 11.2. The van der Waals surface area contributed by atoms with Gasteiger partial charge in [-0.3, -0.25) is 14.4 Å². The molecule has 120 valence electrons. The fraction of sp³-hybridized carbons (Fsp3) is 0.200. The number of anilines is 1. The Hall–Kier alpha value is -1.93. The molecule has 1 heterocycles. The minimum atomic E-state index is -4.01. The van der Waals surface area contributed by atoms with Crippen molar-refractivity contribution in [3.8, 4) is 0 Å². The summed E-state index contributed by atoms with van der Waals surface area (Å²) < 4.78 is 27.7. The van der Waals surface area contributed by atoms with Gasteiger partial charge in [-0.15, -0.1) is 0 Å². The van der Waals surface area contributed by atoms with Crippen LogP contribution in [-0.4, -0.2) is 19.9 Å². The highest BCUT2D eigenvalue weighted by atomic mass is 79.9. The molecule has 0 fully saturated rings. The number of nitrogens with zero attached hydrogens (tertiary/aromatic N) is 2. The largest absolute Gasteiger partial charge is 0.291 e. The van der Waals surface area contributed by atoms with Crippen LogP contribution in [0.15, 0.2) is 51.8 Å². The lowest BCUT2D eigenvalue weighted by Crippen LogP contribution is -2.30. The minimum Gasteiger partial charge on any atom is -0.265 e. The smallest absolute Gasteiger partial charge is 0.265 e. The molecule has 2 aromatic carbocycles. The van der Waals surface area contributed by atoms with E-state index in [-0.39, 0.29) is 17.4 Å². The highest BCUT2D eigenvalue weighted by molar-refractivity contribution is 9.10. The summed E-state index contributed by atoms with van der Waals surface area (Å²) in [6.07, 6.45) is 0. The number of hydrogen-bond donors (Lipinski definition) is 0. The van der Waals surface area contributed by atoms with Gasteiger partial charge in [0.2, 0.25) is 0 Å². The number of rotatable bonds is 3. The summed E-state index contributed by atoms with van der Waals surface area (Å²) in [5.41, 5.74) is 1.07. The molecule has 0 saturated heterocycles. The summed E-state index contributed by atoms with van der Waals surface area (Å²) in [4.78, 5) is 10.3. The normalized spacial score (nSPS) is 17.1. The highest BCUT2D eigenvalue weighted by Crippen LogP contribution is 2.40. The van der Waals surface area contributed by atoms with Crippen molar-refractivity contribution in [1.82, 2.24) is 0 Å². The van der Waals surface area contributed by atoms with Gasteiger partial charge in [-0.2, -0.15) is 0 Å². The number of nitro benzene ring substituents is 1. The molecule has 0 N–H and O–H groups in total. The van der Waals surface area contributed by atoms with E-state index < -0.39 is 20.6 Å². The minimum absolute atomic E-state index is 0.0375. The highest BCUT2D eigenvalue weighted by Gasteiger charge is 2.37. The molecule has 0 radical (unpaired) electrons. The molecule has 0 aromatic heterocycles. The first-order chi connectivity index (χ1) is 10.8. The molecule has 1 unspecified atom stereocenters. The van der Waals surface area contributed by atoms with Crippen molar-refractivity contribution in [2.24, 2.45) is 0 Å². The zero-order valence-corrected chi connectivity index (χ0v) is 14.5. The second-order valence-electron chi connectivity index (χ2n) is 5.37. The monoisotopic (exact) mass is 396 g/mol. The lowest BCUT2D eigenvalue weighted by Gasteiger charge is -2.19. The van der Waals surface area contributed by atoms with Gasteiger partial charge in [0.1, 0.15) is 0 Å². The van der Waals surface area contributed by atoms with Gasteiger partial charge in [0.05, 0.1) is 10.6 Å². The molecule has 0 aliphatic carbocycles. The fourth-order valence-electron chi connectivity index (χ4n) is 2.77. The van der Waals surface area contributed by atoms with Crippen LogP contribution in [0.3, 0.4) is 0 Å². The SMILES string of the molecule is CC1CN(S(=O)(=O)c2ccc(Br)cc2[N+](=O)[O-])c2ccccc21. The standard InChI is InChI=1S/C15H13BrN2O4S/c1-10-9-17(13-5-3-2-4-12(10)13)23(21,22)15-7-6-11(16)8-14(15)18(19)20/h2-8,10H,9H2,1H3. The Morgan fingerprint density at radius 3 is 2.65 bits per heavy atom. The Labute approximate surface area is 142 Å². The molecule has 0 saturated carbocycles. The third-order valence-electron chi connectivity index (χ3n) is 3.86. The van der Waals surface area contributed by atoms with E-state index in [9.17, 15) is 18.5 Å². The first-order valence-corrected chi connectivity index (χ1v) is 9.11. The van der Waals surface area contributed by atoms with Crippen LogP contribution in [0.25, 0.3) is 0 Å². The maximum atomic E-state index is 13.0. The van der Waals surface area contributed by atoms with Crippen molar-refractivity contribution in [3.63, 3.8) is 0 Å². The number of fused-ring (bicyclic) bond motifs is 1. The number of hydrogen-bond acceptors (Lipinski definition) is 4. The molecule has 23 heavy (non-hydrogen) atoms. The van der Waals surface area contributed by atoms with Crippen LogP contribution in [0.4, 0.5) is 11.4 Å².